The molecule has 4 nitrogen and oxygen atoms in total. The van der Waals surface area contributed by atoms with Crippen molar-refractivity contribution in [2.24, 2.45) is 5.92 Å². The molecule has 3 rings (SSSR count). The molecule has 24 heavy (non-hydrogen) atoms. The van der Waals surface area contributed by atoms with E-state index in [-0.39, 0.29) is 23.9 Å². The summed E-state index contributed by atoms with van der Waals surface area (Å²) in [4.78, 5) is 26.1. The Morgan fingerprint density at radius 1 is 1.29 bits per heavy atom. The number of carbonyl (C=O) groups excluding carboxylic acids is 2. The average Bonchev–Trinajstić information content (AvgIpc) is 2.75. The molecule has 0 unspecified atom stereocenters. The Hall–Kier alpha value is -2.05. The van der Waals surface area contributed by atoms with Gasteiger partial charge in [0.15, 0.2) is 0 Å². The smallest absolute Gasteiger partial charge is 0.323 e. The number of rotatable bonds is 2. The Morgan fingerprint density at radius 2 is 2.04 bits per heavy atom. The van der Waals surface area contributed by atoms with Crippen LogP contribution in [0, 0.1) is 5.92 Å². The lowest BCUT2D eigenvalue weighted by molar-refractivity contribution is -0.137. The second kappa shape index (κ2) is 5.79. The summed E-state index contributed by atoms with van der Waals surface area (Å²) in [5.41, 5.74) is -1.39. The van der Waals surface area contributed by atoms with Crippen LogP contribution in [0.1, 0.15) is 43.7 Å². The molecule has 1 spiro atoms. The van der Waals surface area contributed by atoms with Gasteiger partial charge in [-0.3, -0.25) is 9.69 Å². The molecule has 1 heterocycles. The molecule has 1 saturated heterocycles. The quantitative estimate of drug-likeness (QED) is 0.835. The molecule has 1 aliphatic carbocycles. The Labute approximate surface area is 138 Å². The van der Waals surface area contributed by atoms with E-state index >= 15 is 0 Å². The minimum absolute atomic E-state index is 0.0224. The topological polar surface area (TPSA) is 49.4 Å². The second-order valence-electron chi connectivity index (χ2n) is 6.64. The van der Waals surface area contributed by atoms with Crippen molar-refractivity contribution < 1.29 is 22.8 Å². The molecule has 7 heteroatoms. The van der Waals surface area contributed by atoms with Gasteiger partial charge in [0, 0.05) is 0 Å². The van der Waals surface area contributed by atoms with Gasteiger partial charge in [-0.25, -0.2) is 4.79 Å². The predicted molar refractivity (Wildman–Crippen MR) is 80.9 cm³/mol. The molecule has 1 aromatic carbocycles. The molecule has 2 fully saturated rings. The number of alkyl halides is 3. The molecular formula is C17H19F3N2O2. The van der Waals surface area contributed by atoms with Crippen LogP contribution in [0.5, 0.6) is 0 Å². The first kappa shape index (κ1) is 16.8. The molecule has 130 valence electrons. The second-order valence-corrected chi connectivity index (χ2v) is 6.64. The fourth-order valence-corrected chi connectivity index (χ4v) is 3.67. The molecule has 3 amide bonds. The number of amides is 3. The lowest BCUT2D eigenvalue weighted by Gasteiger charge is -2.36. The Morgan fingerprint density at radius 3 is 2.71 bits per heavy atom. The molecule has 2 atom stereocenters. The Bertz CT molecular complexity index is 674. The Kier molecular flexibility index (Phi) is 4.05. The van der Waals surface area contributed by atoms with E-state index in [2.05, 4.69) is 5.32 Å². The van der Waals surface area contributed by atoms with Crippen molar-refractivity contribution >= 4 is 11.9 Å². The minimum atomic E-state index is -4.45. The summed E-state index contributed by atoms with van der Waals surface area (Å²) < 4.78 is 38.4. The fourth-order valence-electron chi connectivity index (χ4n) is 3.67. The zero-order valence-electron chi connectivity index (χ0n) is 13.3. The number of halogens is 3. The van der Waals surface area contributed by atoms with Crippen LogP contribution in [0.4, 0.5) is 18.0 Å². The van der Waals surface area contributed by atoms with E-state index in [1.54, 1.807) is 0 Å². The van der Waals surface area contributed by atoms with E-state index in [0.717, 1.165) is 36.3 Å². The van der Waals surface area contributed by atoms with Gasteiger partial charge in [-0.15, -0.1) is 0 Å². The standard InChI is InChI=1S/C17H19F3N2O2/c1-11-5-2-3-8-16(11)14(23)22(15(24)21-16)10-12-6-4-7-13(9-12)17(18,19)20/h4,6-7,9,11H,2-3,5,8,10H2,1H3,(H,21,24)/t11-,16+/m0/s1. The summed E-state index contributed by atoms with van der Waals surface area (Å²) in [5.74, 6) is -0.300. The molecule has 2 aliphatic rings. The van der Waals surface area contributed by atoms with Gasteiger partial charge in [0.2, 0.25) is 0 Å². The maximum Gasteiger partial charge on any atom is 0.416 e. The summed E-state index contributed by atoms with van der Waals surface area (Å²) in [6.07, 6.45) is -1.15. The van der Waals surface area contributed by atoms with Crippen molar-refractivity contribution in [3.63, 3.8) is 0 Å². The predicted octanol–water partition coefficient (Wildman–Crippen LogP) is 3.71. The van der Waals surface area contributed by atoms with Crippen LogP contribution in [0.3, 0.4) is 0 Å². The van der Waals surface area contributed by atoms with Gasteiger partial charge in [0.05, 0.1) is 12.1 Å². The Balaban J connectivity index is 1.83. The summed E-state index contributed by atoms with van der Waals surface area (Å²) in [7, 11) is 0. The van der Waals surface area contributed by atoms with Crippen molar-refractivity contribution in [1.82, 2.24) is 10.2 Å². The van der Waals surface area contributed by atoms with Gasteiger partial charge < -0.3 is 5.32 Å². The molecule has 1 saturated carbocycles. The number of hydrogen-bond donors (Lipinski definition) is 1. The zero-order valence-corrected chi connectivity index (χ0v) is 13.3. The SMILES string of the molecule is C[C@H]1CCCC[C@@]12NC(=O)N(Cc1cccc(C(F)(F)F)c1)C2=O. The summed E-state index contributed by atoms with van der Waals surface area (Å²) in [6.45, 7) is 1.79. The molecule has 0 bridgehead atoms. The highest BCUT2D eigenvalue weighted by atomic mass is 19.4. The number of hydrogen-bond acceptors (Lipinski definition) is 2. The maximum atomic E-state index is 12.8. The average molecular weight is 340 g/mol. The van der Waals surface area contributed by atoms with Gasteiger partial charge in [-0.1, -0.05) is 31.9 Å². The highest BCUT2D eigenvalue weighted by molar-refractivity contribution is 6.07. The van der Waals surface area contributed by atoms with E-state index in [4.69, 9.17) is 0 Å². The summed E-state index contributed by atoms with van der Waals surface area (Å²) in [6, 6.07) is 4.21. The van der Waals surface area contributed by atoms with Gasteiger partial charge in [-0.05, 0) is 36.5 Å². The molecule has 1 aromatic rings. The molecule has 0 aromatic heterocycles. The normalized spacial score (nSPS) is 27.7. The number of benzene rings is 1. The van der Waals surface area contributed by atoms with Crippen molar-refractivity contribution in [1.29, 1.82) is 0 Å². The number of imide groups is 1. The monoisotopic (exact) mass is 340 g/mol. The fraction of sp³-hybridized carbons (Fsp3) is 0.529. The highest BCUT2D eigenvalue weighted by Crippen LogP contribution is 2.38. The van der Waals surface area contributed by atoms with Crippen LogP contribution in [-0.4, -0.2) is 22.4 Å². The summed E-state index contributed by atoms with van der Waals surface area (Å²) >= 11 is 0. The largest absolute Gasteiger partial charge is 0.416 e. The first-order valence-electron chi connectivity index (χ1n) is 8.04. The zero-order chi connectivity index (χ0) is 17.5. The summed E-state index contributed by atoms with van der Waals surface area (Å²) in [5, 5.41) is 2.80. The number of nitrogens with zero attached hydrogens (tertiary/aromatic N) is 1. The van der Waals surface area contributed by atoms with E-state index in [1.165, 1.54) is 12.1 Å². The van der Waals surface area contributed by atoms with E-state index < -0.39 is 23.3 Å². The van der Waals surface area contributed by atoms with Crippen LogP contribution < -0.4 is 5.32 Å². The third-order valence-corrected chi connectivity index (χ3v) is 5.10. The lowest BCUT2D eigenvalue weighted by Crippen LogP contribution is -2.53. The minimum Gasteiger partial charge on any atom is -0.323 e. The molecule has 1 aliphatic heterocycles. The van der Waals surface area contributed by atoms with Gasteiger partial charge in [0.25, 0.3) is 5.91 Å². The number of nitrogens with one attached hydrogen (secondary N) is 1. The van der Waals surface area contributed by atoms with E-state index in [1.807, 2.05) is 6.92 Å². The van der Waals surface area contributed by atoms with E-state index in [0.29, 0.717) is 6.42 Å². The van der Waals surface area contributed by atoms with Gasteiger partial charge in [-0.2, -0.15) is 13.2 Å². The van der Waals surface area contributed by atoms with Crippen LogP contribution in [-0.2, 0) is 17.5 Å². The molecule has 1 N–H and O–H groups in total. The first-order valence-corrected chi connectivity index (χ1v) is 8.04. The lowest BCUT2D eigenvalue weighted by atomic mass is 9.73. The van der Waals surface area contributed by atoms with Crippen molar-refractivity contribution in [3.05, 3.63) is 35.4 Å². The number of carbonyl (C=O) groups is 2. The molecule has 0 radical (unpaired) electrons. The first-order chi connectivity index (χ1) is 11.2. The van der Waals surface area contributed by atoms with Crippen molar-refractivity contribution in [3.8, 4) is 0 Å². The van der Waals surface area contributed by atoms with E-state index in [9.17, 15) is 22.8 Å². The van der Waals surface area contributed by atoms with Crippen LogP contribution in [0.25, 0.3) is 0 Å². The highest BCUT2D eigenvalue weighted by Gasteiger charge is 2.54. The van der Waals surface area contributed by atoms with Crippen LogP contribution in [0.2, 0.25) is 0 Å². The van der Waals surface area contributed by atoms with Crippen molar-refractivity contribution in [2.45, 2.75) is 50.9 Å². The van der Waals surface area contributed by atoms with Gasteiger partial charge >= 0.3 is 12.2 Å². The van der Waals surface area contributed by atoms with Gasteiger partial charge in [0.1, 0.15) is 5.54 Å². The van der Waals surface area contributed by atoms with Crippen LogP contribution >= 0.6 is 0 Å². The maximum absolute atomic E-state index is 12.8. The van der Waals surface area contributed by atoms with Crippen LogP contribution in [0.15, 0.2) is 24.3 Å². The third kappa shape index (κ3) is 2.76. The molecular weight excluding hydrogens is 321 g/mol. The number of urea groups is 1. The third-order valence-electron chi connectivity index (χ3n) is 5.10. The van der Waals surface area contributed by atoms with Crippen molar-refractivity contribution in [2.75, 3.05) is 0 Å².